The number of halogens is 3. The maximum Gasteiger partial charge on any atom is 0.389 e. The van der Waals surface area contributed by atoms with Crippen molar-refractivity contribution in [1.29, 1.82) is 0 Å². The molecule has 1 saturated heterocycles. The molecule has 1 rings (SSSR count). The van der Waals surface area contributed by atoms with Gasteiger partial charge in [0.25, 0.3) is 0 Å². The number of carboxylic acid groups (broad SMARTS) is 1. The molecule has 20 heavy (non-hydrogen) atoms. The Morgan fingerprint density at radius 3 is 2.60 bits per heavy atom. The Morgan fingerprint density at radius 2 is 2.00 bits per heavy atom. The average Bonchev–Trinajstić information content (AvgIpc) is 2.37. The summed E-state index contributed by atoms with van der Waals surface area (Å²) in [5, 5.41) is 11.4. The molecule has 5 nitrogen and oxygen atoms in total. The smallest absolute Gasteiger partial charge is 0.389 e. The van der Waals surface area contributed by atoms with Crippen molar-refractivity contribution >= 4 is 12.0 Å². The first-order valence-electron chi connectivity index (χ1n) is 6.62. The zero-order valence-electron chi connectivity index (χ0n) is 11.1. The summed E-state index contributed by atoms with van der Waals surface area (Å²) in [6.45, 7) is 0.811. The fourth-order valence-electron chi connectivity index (χ4n) is 2.12. The zero-order chi connectivity index (χ0) is 15.2. The molecule has 0 aliphatic carbocycles. The number of nitrogens with one attached hydrogen (secondary N) is 1. The van der Waals surface area contributed by atoms with Crippen LogP contribution in [-0.4, -0.2) is 47.8 Å². The normalized spacial score (nSPS) is 19.8. The highest BCUT2D eigenvalue weighted by molar-refractivity contribution is 5.76. The van der Waals surface area contributed by atoms with Gasteiger partial charge in [-0.3, -0.25) is 4.79 Å². The third kappa shape index (κ3) is 6.12. The van der Waals surface area contributed by atoms with Crippen LogP contribution in [0, 0.1) is 5.92 Å². The Balaban J connectivity index is 2.20. The van der Waals surface area contributed by atoms with Crippen LogP contribution in [0.25, 0.3) is 0 Å². The first kappa shape index (κ1) is 16.6. The van der Waals surface area contributed by atoms with E-state index >= 15 is 0 Å². The molecule has 1 fully saturated rings. The van der Waals surface area contributed by atoms with Gasteiger partial charge in [-0.25, -0.2) is 4.79 Å². The Hall–Kier alpha value is -1.47. The van der Waals surface area contributed by atoms with E-state index in [1.165, 1.54) is 4.90 Å². The summed E-state index contributed by atoms with van der Waals surface area (Å²) in [5.74, 6) is -1.48. The largest absolute Gasteiger partial charge is 0.481 e. The number of aliphatic carboxylic acids is 1. The Kier molecular flexibility index (Phi) is 6.09. The second kappa shape index (κ2) is 7.35. The number of carboxylic acids is 1. The molecule has 0 aromatic rings. The van der Waals surface area contributed by atoms with E-state index in [0.29, 0.717) is 19.4 Å². The van der Waals surface area contributed by atoms with Crippen LogP contribution in [-0.2, 0) is 4.79 Å². The molecule has 0 bridgehead atoms. The van der Waals surface area contributed by atoms with Gasteiger partial charge in [-0.2, -0.15) is 13.2 Å². The number of carbonyl (C=O) groups is 2. The maximum atomic E-state index is 11.9. The first-order chi connectivity index (χ1) is 9.29. The zero-order valence-corrected chi connectivity index (χ0v) is 11.1. The van der Waals surface area contributed by atoms with Crippen molar-refractivity contribution < 1.29 is 27.9 Å². The molecule has 0 saturated carbocycles. The number of hydrogen-bond donors (Lipinski definition) is 2. The lowest BCUT2D eigenvalue weighted by molar-refractivity contribution is -0.143. The van der Waals surface area contributed by atoms with Gasteiger partial charge in [0, 0.05) is 26.1 Å². The Labute approximate surface area is 115 Å². The molecule has 8 heteroatoms. The summed E-state index contributed by atoms with van der Waals surface area (Å²) in [5.41, 5.74) is 0. The second-order valence-corrected chi connectivity index (χ2v) is 4.93. The standard InChI is InChI=1S/C12H19F3N2O3/c13-12(14,15)5-1-2-6-16-11(20)17-7-3-4-9(8-17)10(18)19/h9H,1-8H2,(H,16,20)(H,18,19). The predicted molar refractivity (Wildman–Crippen MR) is 65.2 cm³/mol. The van der Waals surface area contributed by atoms with Crippen molar-refractivity contribution in [3.63, 3.8) is 0 Å². The fraction of sp³-hybridized carbons (Fsp3) is 0.833. The number of amides is 2. The highest BCUT2D eigenvalue weighted by atomic mass is 19.4. The van der Waals surface area contributed by atoms with Crippen molar-refractivity contribution in [2.24, 2.45) is 5.92 Å². The molecule has 2 N–H and O–H groups in total. The van der Waals surface area contributed by atoms with Crippen molar-refractivity contribution in [3.8, 4) is 0 Å². The third-order valence-electron chi connectivity index (χ3n) is 3.22. The number of urea groups is 1. The van der Waals surface area contributed by atoms with Crippen LogP contribution in [0.2, 0.25) is 0 Å². The van der Waals surface area contributed by atoms with Gasteiger partial charge in [-0.15, -0.1) is 0 Å². The highest BCUT2D eigenvalue weighted by Crippen LogP contribution is 2.22. The average molecular weight is 296 g/mol. The van der Waals surface area contributed by atoms with E-state index in [9.17, 15) is 22.8 Å². The number of carbonyl (C=O) groups excluding carboxylic acids is 1. The maximum absolute atomic E-state index is 11.9. The fourth-order valence-corrected chi connectivity index (χ4v) is 2.12. The summed E-state index contributed by atoms with van der Waals surface area (Å²) < 4.78 is 35.7. The van der Waals surface area contributed by atoms with Gasteiger partial charge < -0.3 is 15.3 Å². The molecule has 1 aliphatic rings. The molecule has 116 valence electrons. The van der Waals surface area contributed by atoms with Crippen molar-refractivity contribution in [3.05, 3.63) is 0 Å². The van der Waals surface area contributed by atoms with E-state index in [1.54, 1.807) is 0 Å². The number of likely N-dealkylation sites (tertiary alicyclic amines) is 1. The molecular formula is C12H19F3N2O3. The molecule has 1 aliphatic heterocycles. The van der Waals surface area contributed by atoms with Crippen LogP contribution in [0.4, 0.5) is 18.0 Å². The van der Waals surface area contributed by atoms with Crippen molar-refractivity contribution in [2.75, 3.05) is 19.6 Å². The van der Waals surface area contributed by atoms with Crippen molar-refractivity contribution in [2.45, 2.75) is 38.3 Å². The lowest BCUT2D eigenvalue weighted by atomic mass is 9.99. The van der Waals surface area contributed by atoms with Gasteiger partial charge in [-0.1, -0.05) is 0 Å². The summed E-state index contributed by atoms with van der Waals surface area (Å²) in [4.78, 5) is 24.0. The van der Waals surface area contributed by atoms with Crippen LogP contribution in [0.3, 0.4) is 0 Å². The third-order valence-corrected chi connectivity index (χ3v) is 3.22. The molecule has 1 unspecified atom stereocenters. The molecule has 0 spiro atoms. The molecule has 0 radical (unpaired) electrons. The van der Waals surface area contributed by atoms with Gasteiger partial charge in [0.15, 0.2) is 0 Å². The van der Waals surface area contributed by atoms with Crippen LogP contribution < -0.4 is 5.32 Å². The summed E-state index contributed by atoms with van der Waals surface area (Å²) >= 11 is 0. The quantitative estimate of drug-likeness (QED) is 0.764. The molecule has 1 heterocycles. The number of piperidine rings is 1. The number of alkyl halides is 3. The first-order valence-corrected chi connectivity index (χ1v) is 6.62. The molecule has 1 atom stereocenters. The number of hydrogen-bond acceptors (Lipinski definition) is 2. The highest BCUT2D eigenvalue weighted by Gasteiger charge is 2.28. The SMILES string of the molecule is O=C(O)C1CCCN(C(=O)NCCCCC(F)(F)F)C1. The molecule has 0 aromatic carbocycles. The van der Waals surface area contributed by atoms with E-state index in [-0.39, 0.29) is 25.9 Å². The lowest BCUT2D eigenvalue weighted by Gasteiger charge is -2.30. The Bertz CT molecular complexity index is 347. The summed E-state index contributed by atoms with van der Waals surface area (Å²) in [7, 11) is 0. The van der Waals surface area contributed by atoms with Gasteiger partial charge in [-0.05, 0) is 25.7 Å². The number of rotatable bonds is 5. The van der Waals surface area contributed by atoms with Crippen LogP contribution in [0.15, 0.2) is 0 Å². The minimum atomic E-state index is -4.16. The van der Waals surface area contributed by atoms with Crippen LogP contribution in [0.1, 0.15) is 32.1 Å². The van der Waals surface area contributed by atoms with E-state index in [2.05, 4.69) is 5.32 Å². The van der Waals surface area contributed by atoms with E-state index in [4.69, 9.17) is 5.11 Å². The van der Waals surface area contributed by atoms with Crippen molar-refractivity contribution in [1.82, 2.24) is 10.2 Å². The minimum Gasteiger partial charge on any atom is -0.481 e. The summed E-state index contributed by atoms with van der Waals surface area (Å²) in [6.07, 6.45) is -3.62. The Morgan fingerprint density at radius 1 is 1.30 bits per heavy atom. The lowest BCUT2D eigenvalue weighted by Crippen LogP contribution is -2.47. The second-order valence-electron chi connectivity index (χ2n) is 4.93. The van der Waals surface area contributed by atoms with Crippen LogP contribution >= 0.6 is 0 Å². The minimum absolute atomic E-state index is 0.0263. The van der Waals surface area contributed by atoms with Crippen LogP contribution in [0.5, 0.6) is 0 Å². The predicted octanol–water partition coefficient (Wildman–Crippen LogP) is 2.23. The van der Waals surface area contributed by atoms with E-state index < -0.39 is 30.5 Å². The van der Waals surface area contributed by atoms with Gasteiger partial charge in [0.1, 0.15) is 0 Å². The number of nitrogens with zero attached hydrogens (tertiary/aromatic N) is 1. The molecule has 0 aromatic heterocycles. The topological polar surface area (TPSA) is 69.6 Å². The van der Waals surface area contributed by atoms with Gasteiger partial charge >= 0.3 is 18.2 Å². The van der Waals surface area contributed by atoms with E-state index in [1.807, 2.05) is 0 Å². The summed E-state index contributed by atoms with van der Waals surface area (Å²) in [6, 6.07) is -0.400. The van der Waals surface area contributed by atoms with Gasteiger partial charge in [0.2, 0.25) is 0 Å². The molecule has 2 amide bonds. The van der Waals surface area contributed by atoms with E-state index in [0.717, 1.165) is 0 Å². The number of unbranched alkanes of at least 4 members (excludes halogenated alkanes) is 1. The monoisotopic (exact) mass is 296 g/mol. The molecular weight excluding hydrogens is 277 g/mol. The van der Waals surface area contributed by atoms with Gasteiger partial charge in [0.05, 0.1) is 5.92 Å².